The average Bonchev–Trinajstić information content (AvgIpc) is 2.84. The van der Waals surface area contributed by atoms with Gasteiger partial charge in [-0.05, 0) is 58.4 Å². The lowest BCUT2D eigenvalue weighted by molar-refractivity contribution is 0.556. The molecule has 0 aliphatic rings. The molecule has 0 aliphatic carbocycles. The molecule has 0 spiro atoms. The molecule has 0 nitrogen and oxygen atoms in total. The second-order valence-electron chi connectivity index (χ2n) is 9.46. The van der Waals surface area contributed by atoms with Gasteiger partial charge in [0.05, 0.1) is 0 Å². The monoisotopic (exact) mass is 438 g/mol. The minimum absolute atomic E-state index is 1.17. The lowest BCUT2D eigenvalue weighted by atomic mass is 9.91. The van der Waals surface area contributed by atoms with Crippen LogP contribution in [0.15, 0.2) is 67.2 Å². The first-order valence-electron chi connectivity index (χ1n) is 13.1. The van der Waals surface area contributed by atoms with Gasteiger partial charge in [-0.1, -0.05) is 144 Å². The van der Waals surface area contributed by atoms with Crippen molar-refractivity contribution in [3.63, 3.8) is 0 Å². The van der Waals surface area contributed by atoms with Crippen LogP contribution in [0.5, 0.6) is 0 Å². The fourth-order valence-corrected chi connectivity index (χ4v) is 4.84. The molecule has 174 valence electrons. The van der Waals surface area contributed by atoms with Crippen molar-refractivity contribution in [2.75, 3.05) is 0 Å². The van der Waals surface area contributed by atoms with Crippen LogP contribution >= 0.6 is 0 Å². The van der Waals surface area contributed by atoms with Crippen molar-refractivity contribution in [2.45, 2.75) is 84.5 Å². The Labute approximate surface area is 202 Å². The zero-order chi connectivity index (χ0) is 23.3. The highest BCUT2D eigenvalue weighted by Crippen LogP contribution is 2.32. The van der Waals surface area contributed by atoms with Crippen molar-refractivity contribution < 1.29 is 0 Å². The van der Waals surface area contributed by atoms with E-state index in [2.05, 4.69) is 87.2 Å². The first-order chi connectivity index (χ1) is 16.2. The van der Waals surface area contributed by atoms with Crippen LogP contribution in [0.25, 0.3) is 28.5 Å². The minimum Gasteiger partial charge on any atom is -0.0984 e. The van der Waals surface area contributed by atoms with E-state index >= 15 is 0 Å². The Morgan fingerprint density at radius 3 is 2.06 bits per heavy atom. The summed E-state index contributed by atoms with van der Waals surface area (Å²) in [5.41, 5.74) is 6.51. The predicted octanol–water partition coefficient (Wildman–Crippen LogP) is 10.5. The minimum atomic E-state index is 1.17. The van der Waals surface area contributed by atoms with Gasteiger partial charge in [0.2, 0.25) is 0 Å². The molecule has 0 heterocycles. The van der Waals surface area contributed by atoms with Crippen molar-refractivity contribution in [1.29, 1.82) is 0 Å². The molecule has 0 fully saturated rings. The number of hydrogen-bond donors (Lipinski definition) is 0. The average molecular weight is 439 g/mol. The van der Waals surface area contributed by atoms with Gasteiger partial charge < -0.3 is 0 Å². The van der Waals surface area contributed by atoms with Gasteiger partial charge in [0.15, 0.2) is 0 Å². The zero-order valence-electron chi connectivity index (χ0n) is 20.9. The van der Waals surface area contributed by atoms with E-state index in [0.29, 0.717) is 0 Å². The van der Waals surface area contributed by atoms with Crippen molar-refractivity contribution in [2.24, 2.45) is 0 Å². The lowest BCUT2D eigenvalue weighted by Crippen LogP contribution is -1.92. The van der Waals surface area contributed by atoms with Crippen molar-refractivity contribution in [1.82, 2.24) is 0 Å². The maximum atomic E-state index is 4.09. The van der Waals surface area contributed by atoms with Gasteiger partial charge in [-0.2, -0.15) is 0 Å². The van der Waals surface area contributed by atoms with Gasteiger partial charge in [-0.3, -0.25) is 0 Å². The lowest BCUT2D eigenvalue weighted by Gasteiger charge is -2.13. The van der Waals surface area contributed by atoms with Crippen molar-refractivity contribution in [3.05, 3.63) is 89.5 Å². The van der Waals surface area contributed by atoms with E-state index in [9.17, 15) is 0 Å². The molecule has 3 rings (SSSR count). The Kier molecular flexibility index (Phi) is 10.5. The molecule has 0 saturated heterocycles. The summed E-state index contributed by atoms with van der Waals surface area (Å²) in [5.74, 6) is 0. The van der Waals surface area contributed by atoms with Gasteiger partial charge in [-0.15, -0.1) is 0 Å². The van der Waals surface area contributed by atoms with Crippen LogP contribution in [-0.2, 0) is 6.42 Å². The zero-order valence-corrected chi connectivity index (χ0v) is 20.9. The Bertz CT molecular complexity index is 1020. The van der Waals surface area contributed by atoms with Crippen LogP contribution in [0.1, 0.15) is 100 Å². The molecule has 0 N–H and O–H groups in total. The Morgan fingerprint density at radius 2 is 1.39 bits per heavy atom. The fraction of sp³-hybridized carbons (Fsp3) is 0.394. The number of hydrogen-bond acceptors (Lipinski definition) is 0. The smallest absolute Gasteiger partial charge is 0.00760 e. The highest BCUT2D eigenvalue weighted by Gasteiger charge is 2.09. The molecule has 3 aromatic rings. The number of allylic oxidation sites excluding steroid dienone is 1. The number of benzene rings is 3. The largest absolute Gasteiger partial charge is 0.0984 e. The molecule has 0 bridgehead atoms. The summed E-state index contributed by atoms with van der Waals surface area (Å²) in [4.78, 5) is 0. The summed E-state index contributed by atoms with van der Waals surface area (Å²) in [7, 11) is 0. The summed E-state index contributed by atoms with van der Waals surface area (Å²) in [6.07, 6.45) is 19.3. The summed E-state index contributed by atoms with van der Waals surface area (Å²) < 4.78 is 0. The molecular weight excluding hydrogens is 396 g/mol. The molecule has 0 unspecified atom stereocenters. The maximum Gasteiger partial charge on any atom is -0.00760 e. The molecule has 3 aromatic carbocycles. The first kappa shape index (κ1) is 25.0. The highest BCUT2D eigenvalue weighted by molar-refractivity contribution is 6.00. The Balaban J connectivity index is 1.64. The first-order valence-corrected chi connectivity index (χ1v) is 13.1. The van der Waals surface area contributed by atoms with Gasteiger partial charge in [-0.25, -0.2) is 0 Å². The van der Waals surface area contributed by atoms with Crippen LogP contribution < -0.4 is 0 Å². The van der Waals surface area contributed by atoms with Crippen LogP contribution in [0.2, 0.25) is 0 Å². The van der Waals surface area contributed by atoms with E-state index in [0.717, 1.165) is 0 Å². The number of unbranched alkanes of at least 4 members (excludes halogenated alkanes) is 9. The molecule has 0 amide bonds. The molecule has 0 radical (unpaired) electrons. The van der Waals surface area contributed by atoms with Crippen LogP contribution in [0, 0.1) is 0 Å². The molecule has 0 saturated carbocycles. The second kappa shape index (κ2) is 13.8. The van der Waals surface area contributed by atoms with Gasteiger partial charge in [0.25, 0.3) is 0 Å². The van der Waals surface area contributed by atoms with Crippen LogP contribution in [-0.4, -0.2) is 0 Å². The van der Waals surface area contributed by atoms with Gasteiger partial charge in [0.1, 0.15) is 0 Å². The third-order valence-corrected chi connectivity index (χ3v) is 6.73. The van der Waals surface area contributed by atoms with Crippen LogP contribution in [0.4, 0.5) is 0 Å². The van der Waals surface area contributed by atoms with Crippen molar-refractivity contribution in [3.8, 4) is 0 Å². The maximum absolute atomic E-state index is 4.09. The molecule has 0 aromatic heterocycles. The van der Waals surface area contributed by atoms with Crippen LogP contribution in [0.3, 0.4) is 0 Å². The fourth-order valence-electron chi connectivity index (χ4n) is 4.84. The highest BCUT2D eigenvalue weighted by atomic mass is 14.1. The number of rotatable bonds is 14. The molecular formula is C33H42. The van der Waals surface area contributed by atoms with E-state index in [1.807, 2.05) is 6.08 Å². The molecule has 0 heteroatoms. The van der Waals surface area contributed by atoms with Crippen molar-refractivity contribution >= 4 is 28.5 Å². The standard InChI is InChI=1S/C33H42/c1-4-6-7-8-9-10-11-12-13-15-20-29-21-22-31-24-23-30(5-2)33(32(31)26-29)27(3)25-28-18-16-14-17-19-28/h5,14,16-19,21-26H,2,4,6-13,15,20H2,1,3H3. The third kappa shape index (κ3) is 7.74. The van der Waals surface area contributed by atoms with Gasteiger partial charge in [0, 0.05) is 0 Å². The van der Waals surface area contributed by atoms with E-state index in [4.69, 9.17) is 0 Å². The summed E-state index contributed by atoms with van der Waals surface area (Å²) >= 11 is 0. The molecule has 0 aliphatic heterocycles. The topological polar surface area (TPSA) is 0 Å². The third-order valence-electron chi connectivity index (χ3n) is 6.73. The van der Waals surface area contributed by atoms with Gasteiger partial charge >= 0.3 is 0 Å². The second-order valence-corrected chi connectivity index (χ2v) is 9.46. The number of aryl methyl sites for hydroxylation is 1. The molecule has 0 atom stereocenters. The number of fused-ring (bicyclic) bond motifs is 1. The normalized spacial score (nSPS) is 11.8. The van der Waals surface area contributed by atoms with E-state index in [1.54, 1.807) is 0 Å². The quantitative estimate of drug-likeness (QED) is 0.173. The summed E-state index contributed by atoms with van der Waals surface area (Å²) in [6, 6.07) is 22.1. The van der Waals surface area contributed by atoms with E-state index in [1.165, 1.54) is 109 Å². The summed E-state index contributed by atoms with van der Waals surface area (Å²) in [5, 5.41) is 2.66. The van der Waals surface area contributed by atoms with E-state index < -0.39 is 0 Å². The van der Waals surface area contributed by atoms with E-state index in [-0.39, 0.29) is 0 Å². The molecule has 33 heavy (non-hydrogen) atoms. The SMILES string of the molecule is C=Cc1ccc2ccc(CCCCCCCCCCCC)cc2c1C(C)=Cc1ccccc1. The predicted molar refractivity (Wildman–Crippen MR) is 150 cm³/mol. The summed E-state index contributed by atoms with van der Waals surface area (Å²) in [6.45, 7) is 8.60. The Hall–Kier alpha value is -2.60. The Morgan fingerprint density at radius 1 is 0.758 bits per heavy atom.